The molecule has 6 rings (SSSR count). The van der Waals surface area contributed by atoms with E-state index in [9.17, 15) is 9.18 Å². The van der Waals surface area contributed by atoms with Crippen molar-refractivity contribution in [3.63, 3.8) is 0 Å². The smallest absolute Gasteiger partial charge is 0.312 e. The molecule has 1 saturated heterocycles. The Labute approximate surface area is 205 Å². The quantitative estimate of drug-likeness (QED) is 0.383. The van der Waals surface area contributed by atoms with E-state index in [1.807, 2.05) is 23.6 Å². The number of carbonyl (C=O) groups is 1. The van der Waals surface area contributed by atoms with Crippen LogP contribution in [0.3, 0.4) is 0 Å². The minimum absolute atomic E-state index is 0.0168. The molecule has 0 aliphatic carbocycles. The number of benzene rings is 1. The number of likely N-dealkylation sites (tertiary alicyclic amines) is 1. The number of nitrogens with zero attached hydrogens (tertiary/aromatic N) is 6. The Balaban J connectivity index is 1.38. The molecule has 0 bridgehead atoms. The molecular weight excluding hydrogens is 469 g/mol. The fourth-order valence-corrected chi connectivity index (χ4v) is 4.72. The molecule has 0 unspecified atom stereocenters. The molecule has 12 heteroatoms. The van der Waals surface area contributed by atoms with Gasteiger partial charge in [-0.05, 0) is 31.0 Å². The second-order valence-electron chi connectivity index (χ2n) is 8.96. The number of nitrogen functional groups attached to an aromatic ring is 1. The lowest BCUT2D eigenvalue weighted by atomic mass is 10.0. The summed E-state index contributed by atoms with van der Waals surface area (Å²) >= 11 is 0. The molecule has 0 atom stereocenters. The van der Waals surface area contributed by atoms with Crippen LogP contribution in [0.4, 0.5) is 10.2 Å². The van der Waals surface area contributed by atoms with Gasteiger partial charge in [0.1, 0.15) is 17.4 Å². The highest BCUT2D eigenvalue weighted by Gasteiger charge is 2.24. The first kappa shape index (κ1) is 22.4. The fourth-order valence-electron chi connectivity index (χ4n) is 4.72. The number of aryl methyl sites for hydroxylation is 2. The summed E-state index contributed by atoms with van der Waals surface area (Å²) in [5, 5.41) is 0. The van der Waals surface area contributed by atoms with E-state index in [4.69, 9.17) is 24.6 Å². The standard InChI is InChI=1S/C24H24FN7O4/c1-13-10-27-23(36-13)16-9-18-17(34-12-35-18)7-14(16)8-19-28-20-21(26)29-24(25)30-22(20)32(19)5-2-4-31-6-3-15(33)11-31/h7,9-10H,2-6,8,11-12H2,1H3,(H2,26,29,30). The maximum Gasteiger partial charge on any atom is 0.312 e. The SMILES string of the molecule is Cc1cnc(-c2cc3c(cc2Cc2nc4c(N)nc(F)nc4n2CCCN2CCC(=O)C2)OCO3)o1. The van der Waals surface area contributed by atoms with Crippen molar-refractivity contribution in [2.75, 3.05) is 32.2 Å². The number of rotatable bonds is 7. The van der Waals surface area contributed by atoms with Crippen molar-refractivity contribution < 1.29 is 23.1 Å². The lowest BCUT2D eigenvalue weighted by Gasteiger charge is -2.15. The van der Waals surface area contributed by atoms with Gasteiger partial charge in [0.15, 0.2) is 28.5 Å². The molecular formula is C24H24FN7O4. The third kappa shape index (κ3) is 4.13. The van der Waals surface area contributed by atoms with E-state index in [1.54, 1.807) is 6.20 Å². The minimum Gasteiger partial charge on any atom is -0.454 e. The molecule has 186 valence electrons. The Hall–Kier alpha value is -4.06. The van der Waals surface area contributed by atoms with Crippen LogP contribution in [-0.4, -0.2) is 61.6 Å². The van der Waals surface area contributed by atoms with Crippen molar-refractivity contribution >= 4 is 22.8 Å². The number of aromatic nitrogens is 5. The molecule has 36 heavy (non-hydrogen) atoms. The lowest BCUT2D eigenvalue weighted by molar-refractivity contribution is -0.116. The summed E-state index contributed by atoms with van der Waals surface area (Å²) in [6, 6.07) is 3.72. The average Bonchev–Trinajstić information content (AvgIpc) is 3.62. The number of halogens is 1. The van der Waals surface area contributed by atoms with Crippen LogP contribution in [0.1, 0.15) is 30.0 Å². The zero-order valence-electron chi connectivity index (χ0n) is 19.7. The Bertz CT molecular complexity index is 1480. The van der Waals surface area contributed by atoms with Gasteiger partial charge in [-0.25, -0.2) is 9.97 Å². The van der Waals surface area contributed by atoms with Gasteiger partial charge in [0.25, 0.3) is 0 Å². The summed E-state index contributed by atoms with van der Waals surface area (Å²) in [6.07, 6.45) is 2.41. The second kappa shape index (κ2) is 8.86. The molecule has 3 aromatic heterocycles. The molecule has 0 radical (unpaired) electrons. The van der Waals surface area contributed by atoms with Gasteiger partial charge in [0.2, 0.25) is 12.7 Å². The normalized spacial score (nSPS) is 15.4. The van der Waals surface area contributed by atoms with Crippen LogP contribution in [0.5, 0.6) is 11.5 Å². The number of nitrogens with two attached hydrogens (primary N) is 1. The number of fused-ring (bicyclic) bond motifs is 2. The topological polar surface area (TPSA) is 134 Å². The summed E-state index contributed by atoms with van der Waals surface area (Å²) in [5.74, 6) is 3.23. The van der Waals surface area contributed by atoms with Crippen molar-refractivity contribution in [2.45, 2.75) is 32.7 Å². The van der Waals surface area contributed by atoms with Gasteiger partial charge in [0, 0.05) is 38.0 Å². The summed E-state index contributed by atoms with van der Waals surface area (Å²) in [7, 11) is 0. The van der Waals surface area contributed by atoms with E-state index in [2.05, 4.69) is 19.9 Å². The molecule has 11 nitrogen and oxygen atoms in total. The van der Waals surface area contributed by atoms with E-state index in [0.29, 0.717) is 66.1 Å². The molecule has 1 aromatic carbocycles. The zero-order valence-corrected chi connectivity index (χ0v) is 19.7. The van der Waals surface area contributed by atoms with Crippen molar-refractivity contribution in [3.8, 4) is 23.0 Å². The maximum absolute atomic E-state index is 14.1. The van der Waals surface area contributed by atoms with Crippen molar-refractivity contribution in [1.29, 1.82) is 0 Å². The van der Waals surface area contributed by atoms with Crippen LogP contribution in [0, 0.1) is 13.0 Å². The third-order valence-corrected chi connectivity index (χ3v) is 6.43. The predicted octanol–water partition coefficient (Wildman–Crippen LogP) is 2.50. The van der Waals surface area contributed by atoms with Crippen LogP contribution in [0.25, 0.3) is 22.6 Å². The van der Waals surface area contributed by atoms with Gasteiger partial charge in [0.05, 0.1) is 12.7 Å². The van der Waals surface area contributed by atoms with E-state index in [-0.39, 0.29) is 18.4 Å². The van der Waals surface area contributed by atoms with Crippen molar-refractivity contribution in [1.82, 2.24) is 29.4 Å². The molecule has 0 amide bonds. The number of imidazole rings is 1. The van der Waals surface area contributed by atoms with Crippen molar-refractivity contribution in [3.05, 3.63) is 41.6 Å². The Morgan fingerprint density at radius 1 is 1.14 bits per heavy atom. The number of oxazole rings is 1. The Morgan fingerprint density at radius 3 is 2.72 bits per heavy atom. The number of hydrogen-bond acceptors (Lipinski definition) is 10. The van der Waals surface area contributed by atoms with Crippen LogP contribution in [-0.2, 0) is 17.8 Å². The lowest BCUT2D eigenvalue weighted by Crippen LogP contribution is -2.23. The summed E-state index contributed by atoms with van der Waals surface area (Å²) in [6.45, 7) is 4.44. The highest BCUT2D eigenvalue weighted by molar-refractivity contribution is 5.83. The van der Waals surface area contributed by atoms with Gasteiger partial charge in [-0.3, -0.25) is 9.69 Å². The molecule has 0 saturated carbocycles. The summed E-state index contributed by atoms with van der Waals surface area (Å²) < 4.78 is 33.0. The van der Waals surface area contributed by atoms with E-state index < -0.39 is 6.08 Å². The van der Waals surface area contributed by atoms with Crippen LogP contribution >= 0.6 is 0 Å². The highest BCUT2D eigenvalue weighted by atomic mass is 19.1. The molecule has 0 spiro atoms. The van der Waals surface area contributed by atoms with Gasteiger partial charge in [-0.1, -0.05) is 0 Å². The molecule has 4 aromatic rings. The number of Topliss-reactive ketones (excluding diaryl/α,β-unsaturated/α-hetero) is 1. The Kier molecular flexibility index (Phi) is 5.52. The van der Waals surface area contributed by atoms with E-state index in [1.165, 1.54) is 0 Å². The van der Waals surface area contributed by atoms with Gasteiger partial charge >= 0.3 is 6.08 Å². The highest BCUT2D eigenvalue weighted by Crippen LogP contribution is 2.39. The Morgan fingerprint density at radius 2 is 1.97 bits per heavy atom. The number of ether oxygens (including phenoxy) is 2. The fraction of sp³-hybridized carbons (Fsp3) is 0.375. The van der Waals surface area contributed by atoms with Crippen LogP contribution in [0.15, 0.2) is 22.7 Å². The van der Waals surface area contributed by atoms with E-state index in [0.717, 1.165) is 30.6 Å². The largest absolute Gasteiger partial charge is 0.454 e. The van der Waals surface area contributed by atoms with E-state index >= 15 is 0 Å². The zero-order chi connectivity index (χ0) is 24.8. The first-order valence-electron chi connectivity index (χ1n) is 11.7. The predicted molar refractivity (Wildman–Crippen MR) is 126 cm³/mol. The van der Waals surface area contributed by atoms with Crippen LogP contribution < -0.4 is 15.2 Å². The molecule has 5 heterocycles. The average molecular weight is 493 g/mol. The third-order valence-electron chi connectivity index (χ3n) is 6.43. The molecule has 2 N–H and O–H groups in total. The molecule has 2 aliphatic heterocycles. The molecule has 2 aliphatic rings. The number of hydrogen-bond donors (Lipinski definition) is 1. The first-order chi connectivity index (χ1) is 17.4. The van der Waals surface area contributed by atoms with Crippen molar-refractivity contribution in [2.24, 2.45) is 0 Å². The van der Waals surface area contributed by atoms with Gasteiger partial charge in [-0.2, -0.15) is 14.4 Å². The number of carbonyl (C=O) groups excluding carboxylic acids is 1. The van der Waals surface area contributed by atoms with Gasteiger partial charge in [-0.15, -0.1) is 0 Å². The number of ketones is 1. The second-order valence-corrected chi connectivity index (χ2v) is 8.96. The summed E-state index contributed by atoms with van der Waals surface area (Å²) in [4.78, 5) is 30.5. The van der Waals surface area contributed by atoms with Gasteiger partial charge < -0.3 is 24.2 Å². The minimum atomic E-state index is -0.906. The summed E-state index contributed by atoms with van der Waals surface area (Å²) in [5.41, 5.74) is 8.26. The first-order valence-corrected chi connectivity index (χ1v) is 11.7. The monoisotopic (exact) mass is 493 g/mol. The van der Waals surface area contributed by atoms with Crippen LogP contribution in [0.2, 0.25) is 0 Å². The maximum atomic E-state index is 14.1. The molecule has 1 fully saturated rings. The number of anilines is 1.